The van der Waals surface area contributed by atoms with Crippen molar-refractivity contribution in [3.05, 3.63) is 60.6 Å². The summed E-state index contributed by atoms with van der Waals surface area (Å²) in [6.07, 6.45) is 5.92. The lowest BCUT2D eigenvalue weighted by Crippen LogP contribution is -2.17. The van der Waals surface area contributed by atoms with Gasteiger partial charge in [0.15, 0.2) is 0 Å². The summed E-state index contributed by atoms with van der Waals surface area (Å²) >= 11 is 0. The van der Waals surface area contributed by atoms with Crippen LogP contribution in [0.1, 0.15) is 25.5 Å². The van der Waals surface area contributed by atoms with Crippen LogP contribution in [0.2, 0.25) is 0 Å². The highest BCUT2D eigenvalue weighted by atomic mass is 15.0. The molecule has 1 atom stereocenters. The Bertz CT molecular complexity index is 715. The van der Waals surface area contributed by atoms with Crippen LogP contribution in [-0.2, 0) is 0 Å². The number of nitrogens with one attached hydrogen (secondary N) is 1. The first kappa shape index (κ1) is 12.9. The molecule has 1 aromatic carbocycles. The van der Waals surface area contributed by atoms with E-state index in [1.54, 1.807) is 0 Å². The predicted octanol–water partition coefficient (Wildman–Crippen LogP) is 3.67. The molecule has 0 amide bonds. The fourth-order valence-corrected chi connectivity index (χ4v) is 2.50. The molecule has 3 nitrogen and oxygen atoms in total. The third-order valence-electron chi connectivity index (χ3n) is 3.62. The molecule has 0 aliphatic heterocycles. The van der Waals surface area contributed by atoms with Crippen LogP contribution >= 0.6 is 0 Å². The second-order valence-corrected chi connectivity index (χ2v) is 5.02. The van der Waals surface area contributed by atoms with Gasteiger partial charge in [-0.05, 0) is 48.4 Å². The molecule has 0 fully saturated rings. The molecule has 3 aromatic rings. The smallest absolute Gasteiger partial charge is 0.136 e. The van der Waals surface area contributed by atoms with E-state index in [1.807, 2.05) is 12.4 Å². The number of rotatable bonds is 4. The largest absolute Gasteiger partial charge is 0.310 e. The number of pyridine rings is 1. The summed E-state index contributed by atoms with van der Waals surface area (Å²) in [5, 5.41) is 3.45. The van der Waals surface area contributed by atoms with Crippen LogP contribution < -0.4 is 5.32 Å². The lowest BCUT2D eigenvalue weighted by atomic mass is 10.0. The molecular formula is C17H19N3. The molecule has 0 aliphatic rings. The minimum Gasteiger partial charge on any atom is -0.310 e. The molecular weight excluding hydrogens is 246 g/mol. The first-order valence-corrected chi connectivity index (χ1v) is 7.04. The van der Waals surface area contributed by atoms with Gasteiger partial charge in [0, 0.05) is 24.6 Å². The zero-order valence-electron chi connectivity index (χ0n) is 11.9. The Balaban J connectivity index is 1.98. The quantitative estimate of drug-likeness (QED) is 0.780. The lowest BCUT2D eigenvalue weighted by molar-refractivity contribution is 0.598. The first-order valence-electron chi connectivity index (χ1n) is 7.04. The molecule has 1 N–H and O–H groups in total. The molecule has 20 heavy (non-hydrogen) atoms. The summed E-state index contributed by atoms with van der Waals surface area (Å²) in [6, 6.07) is 13.3. The maximum Gasteiger partial charge on any atom is 0.136 e. The topological polar surface area (TPSA) is 29.3 Å². The van der Waals surface area contributed by atoms with Crippen molar-refractivity contribution in [3.8, 4) is 11.1 Å². The molecule has 2 aromatic heterocycles. The van der Waals surface area contributed by atoms with Crippen molar-refractivity contribution in [2.24, 2.45) is 0 Å². The average molecular weight is 265 g/mol. The molecule has 0 radical (unpaired) electrons. The molecule has 1 unspecified atom stereocenters. The van der Waals surface area contributed by atoms with E-state index in [-0.39, 0.29) is 0 Å². The van der Waals surface area contributed by atoms with Crippen LogP contribution in [-0.4, -0.2) is 15.9 Å². The van der Waals surface area contributed by atoms with Gasteiger partial charge < -0.3 is 9.72 Å². The molecule has 3 heteroatoms. The monoisotopic (exact) mass is 265 g/mol. The molecule has 0 saturated heterocycles. The van der Waals surface area contributed by atoms with Crippen molar-refractivity contribution in [2.75, 3.05) is 6.54 Å². The van der Waals surface area contributed by atoms with Crippen LogP contribution in [0.25, 0.3) is 16.8 Å². The van der Waals surface area contributed by atoms with Crippen LogP contribution in [0.4, 0.5) is 0 Å². The second-order valence-electron chi connectivity index (χ2n) is 5.02. The zero-order valence-corrected chi connectivity index (χ0v) is 11.9. The maximum atomic E-state index is 4.28. The Hall–Kier alpha value is -2.13. The van der Waals surface area contributed by atoms with E-state index < -0.39 is 0 Å². The van der Waals surface area contributed by atoms with E-state index in [0.29, 0.717) is 6.04 Å². The second kappa shape index (κ2) is 5.47. The van der Waals surface area contributed by atoms with Gasteiger partial charge in [-0.3, -0.25) is 0 Å². The van der Waals surface area contributed by atoms with Gasteiger partial charge in [0.25, 0.3) is 0 Å². The van der Waals surface area contributed by atoms with Gasteiger partial charge in [0.1, 0.15) is 5.65 Å². The van der Waals surface area contributed by atoms with E-state index >= 15 is 0 Å². The summed E-state index contributed by atoms with van der Waals surface area (Å²) in [4.78, 5) is 4.28. The van der Waals surface area contributed by atoms with Gasteiger partial charge in [-0.2, -0.15) is 0 Å². The third-order valence-corrected chi connectivity index (χ3v) is 3.62. The molecule has 0 bridgehead atoms. The molecule has 2 heterocycles. The molecule has 102 valence electrons. The maximum absolute atomic E-state index is 4.28. The fraction of sp³-hybridized carbons (Fsp3) is 0.235. The highest BCUT2D eigenvalue weighted by molar-refractivity contribution is 5.65. The van der Waals surface area contributed by atoms with E-state index in [2.05, 4.69) is 71.1 Å². The van der Waals surface area contributed by atoms with Gasteiger partial charge >= 0.3 is 0 Å². The molecule has 0 aliphatic carbocycles. The summed E-state index contributed by atoms with van der Waals surface area (Å²) in [5.74, 6) is 0. The minimum absolute atomic E-state index is 0.372. The Morgan fingerprint density at radius 3 is 2.95 bits per heavy atom. The van der Waals surface area contributed by atoms with Gasteiger partial charge in [-0.15, -0.1) is 0 Å². The van der Waals surface area contributed by atoms with Crippen molar-refractivity contribution in [1.29, 1.82) is 0 Å². The Kier molecular flexibility index (Phi) is 3.52. The third kappa shape index (κ3) is 2.45. The summed E-state index contributed by atoms with van der Waals surface area (Å²) < 4.78 is 2.05. The standard InChI is InChI=1S/C17H19N3/c1-3-18-13(2)14-5-4-6-15(11-14)16-7-8-17-19-9-10-20(17)12-16/h4-13,18H,3H2,1-2H3. The van der Waals surface area contributed by atoms with Crippen molar-refractivity contribution in [2.45, 2.75) is 19.9 Å². The normalized spacial score (nSPS) is 12.7. The lowest BCUT2D eigenvalue weighted by Gasteiger charge is -2.14. The summed E-state index contributed by atoms with van der Waals surface area (Å²) in [6.45, 7) is 5.31. The Labute approximate surface area is 119 Å². The van der Waals surface area contributed by atoms with Crippen molar-refractivity contribution < 1.29 is 0 Å². The van der Waals surface area contributed by atoms with Crippen LogP contribution in [0.5, 0.6) is 0 Å². The molecule has 0 saturated carbocycles. The van der Waals surface area contributed by atoms with Crippen LogP contribution in [0, 0.1) is 0 Å². The van der Waals surface area contributed by atoms with Gasteiger partial charge in [0.05, 0.1) is 0 Å². The van der Waals surface area contributed by atoms with E-state index in [1.165, 1.54) is 16.7 Å². The number of benzene rings is 1. The summed E-state index contributed by atoms with van der Waals surface area (Å²) in [7, 11) is 0. The van der Waals surface area contributed by atoms with Gasteiger partial charge in [-0.25, -0.2) is 4.98 Å². The Morgan fingerprint density at radius 2 is 2.10 bits per heavy atom. The molecule has 3 rings (SSSR count). The number of hydrogen-bond acceptors (Lipinski definition) is 2. The zero-order chi connectivity index (χ0) is 13.9. The number of nitrogens with zero attached hydrogens (tertiary/aromatic N) is 2. The number of fused-ring (bicyclic) bond motifs is 1. The predicted molar refractivity (Wildman–Crippen MR) is 82.7 cm³/mol. The molecule has 0 spiro atoms. The van der Waals surface area contributed by atoms with Crippen molar-refractivity contribution in [3.63, 3.8) is 0 Å². The number of imidazole rings is 1. The van der Waals surface area contributed by atoms with Crippen LogP contribution in [0.15, 0.2) is 55.0 Å². The van der Waals surface area contributed by atoms with Gasteiger partial charge in [-0.1, -0.05) is 25.1 Å². The SMILES string of the molecule is CCNC(C)c1cccc(-c2ccc3nccn3c2)c1. The number of aromatic nitrogens is 2. The van der Waals surface area contributed by atoms with Crippen molar-refractivity contribution in [1.82, 2.24) is 14.7 Å². The fourth-order valence-electron chi connectivity index (χ4n) is 2.50. The van der Waals surface area contributed by atoms with Gasteiger partial charge in [0.2, 0.25) is 0 Å². The minimum atomic E-state index is 0.372. The highest BCUT2D eigenvalue weighted by Crippen LogP contribution is 2.23. The number of hydrogen-bond donors (Lipinski definition) is 1. The van der Waals surface area contributed by atoms with E-state index in [0.717, 1.165) is 12.2 Å². The summed E-state index contributed by atoms with van der Waals surface area (Å²) in [5.41, 5.74) is 4.74. The Morgan fingerprint density at radius 1 is 1.20 bits per heavy atom. The van der Waals surface area contributed by atoms with Crippen molar-refractivity contribution >= 4 is 5.65 Å². The first-order chi connectivity index (χ1) is 9.78. The highest BCUT2D eigenvalue weighted by Gasteiger charge is 2.06. The average Bonchev–Trinajstić information content (AvgIpc) is 2.95. The van der Waals surface area contributed by atoms with E-state index in [4.69, 9.17) is 0 Å². The van der Waals surface area contributed by atoms with Crippen LogP contribution in [0.3, 0.4) is 0 Å². The van der Waals surface area contributed by atoms with E-state index in [9.17, 15) is 0 Å².